The maximum absolute atomic E-state index is 13.1. The molecule has 0 fully saturated rings. The molecule has 3 aromatic rings. The zero-order valence-corrected chi connectivity index (χ0v) is 23.0. The van der Waals surface area contributed by atoms with E-state index >= 15 is 0 Å². The number of hydrazine groups is 2. The molecule has 1 amide bonds. The number of nitro benzene ring substituents is 2. The number of methoxy groups -OCH3 is 2. The van der Waals surface area contributed by atoms with Crippen LogP contribution in [0.4, 0.5) is 28.4 Å². The fraction of sp³-hybridized carbons (Fsp3) is 0.0909. The average molecular weight is 622 g/mol. The second kappa shape index (κ2) is 12.1. The van der Waals surface area contributed by atoms with Crippen molar-refractivity contribution in [1.82, 2.24) is 5.43 Å². The first kappa shape index (κ1) is 29.8. The summed E-state index contributed by atoms with van der Waals surface area (Å²) in [6.45, 7) is 0. The van der Waals surface area contributed by atoms with Crippen molar-refractivity contribution in [3.05, 3.63) is 74.8 Å². The second-order valence-electron chi connectivity index (χ2n) is 7.98. The van der Waals surface area contributed by atoms with Crippen molar-refractivity contribution in [2.75, 3.05) is 29.8 Å². The lowest BCUT2D eigenvalue weighted by molar-refractivity contribution is -0.388. The Bertz CT molecular complexity index is 1670. The van der Waals surface area contributed by atoms with E-state index in [2.05, 4.69) is 15.8 Å². The molecule has 4 rings (SSSR count). The van der Waals surface area contributed by atoms with E-state index in [0.29, 0.717) is 5.69 Å². The monoisotopic (exact) mass is 621 g/mol. The van der Waals surface area contributed by atoms with Crippen molar-refractivity contribution < 1.29 is 41.6 Å². The van der Waals surface area contributed by atoms with Crippen LogP contribution in [-0.4, -0.2) is 53.3 Å². The number of nitrogens with one attached hydrogen (secondary N) is 2. The third kappa shape index (κ3) is 5.81. The third-order valence-corrected chi connectivity index (χ3v) is 6.98. The van der Waals surface area contributed by atoms with Gasteiger partial charge in [0.15, 0.2) is 33.7 Å². The van der Waals surface area contributed by atoms with Gasteiger partial charge in [-0.15, -0.1) is 10.2 Å². The van der Waals surface area contributed by atoms with E-state index in [-0.39, 0.29) is 22.9 Å². The molecule has 3 aromatic carbocycles. The van der Waals surface area contributed by atoms with Crippen LogP contribution < -0.4 is 30.5 Å². The first-order valence-corrected chi connectivity index (χ1v) is 13.4. The van der Waals surface area contributed by atoms with Crippen LogP contribution in [0.5, 0.6) is 11.5 Å². The van der Waals surface area contributed by atoms with Gasteiger partial charge < -0.3 is 23.9 Å². The number of rotatable bonds is 10. The molecule has 4 N–H and O–H groups in total. The highest BCUT2D eigenvalue weighted by molar-refractivity contribution is 7.79. The number of ether oxygens (including phenoxy) is 2. The van der Waals surface area contributed by atoms with Crippen LogP contribution in [0.15, 0.2) is 69.5 Å². The highest BCUT2D eigenvalue weighted by Gasteiger charge is 2.37. The Kier molecular flexibility index (Phi) is 8.61. The molecule has 2 unspecified atom stereocenters. The number of hydrazone groups is 1. The van der Waals surface area contributed by atoms with E-state index < -0.39 is 64.9 Å². The number of amidine groups is 1. The summed E-state index contributed by atoms with van der Waals surface area (Å²) in [4.78, 5) is 33.2. The van der Waals surface area contributed by atoms with Crippen LogP contribution in [0.1, 0.15) is 0 Å². The van der Waals surface area contributed by atoms with E-state index in [1.807, 2.05) is 0 Å². The number of carbonyl (C=O) groups excluding carboxylic acids is 1. The zero-order chi connectivity index (χ0) is 30.7. The van der Waals surface area contributed by atoms with Crippen LogP contribution >= 0.6 is 0 Å². The summed E-state index contributed by atoms with van der Waals surface area (Å²) in [5, 5.41) is 31.7. The Labute approximate surface area is 240 Å². The highest BCUT2D eigenvalue weighted by atomic mass is 32.2. The molecule has 42 heavy (non-hydrogen) atoms. The van der Waals surface area contributed by atoms with Crippen LogP contribution in [-0.2, 0) is 27.0 Å². The Morgan fingerprint density at radius 1 is 0.905 bits per heavy atom. The van der Waals surface area contributed by atoms with Gasteiger partial charge in [0, 0.05) is 5.69 Å². The lowest BCUT2D eigenvalue weighted by atomic mass is 10.2. The van der Waals surface area contributed by atoms with Gasteiger partial charge in [-0.05, 0) is 24.3 Å². The molecule has 0 saturated carbocycles. The van der Waals surface area contributed by atoms with Crippen molar-refractivity contribution in [3.63, 3.8) is 0 Å². The minimum Gasteiger partial charge on any atom is -0.494 e. The van der Waals surface area contributed by atoms with Gasteiger partial charge in [-0.1, -0.05) is 18.2 Å². The van der Waals surface area contributed by atoms with Gasteiger partial charge in [-0.25, -0.2) is 8.42 Å². The van der Waals surface area contributed by atoms with Crippen molar-refractivity contribution in [2.45, 2.75) is 9.79 Å². The van der Waals surface area contributed by atoms with Gasteiger partial charge >= 0.3 is 0 Å². The number of nitro groups is 2. The predicted molar refractivity (Wildman–Crippen MR) is 148 cm³/mol. The van der Waals surface area contributed by atoms with E-state index in [0.717, 1.165) is 48.7 Å². The van der Waals surface area contributed by atoms with Crippen molar-refractivity contribution in [1.29, 1.82) is 0 Å². The van der Waals surface area contributed by atoms with Gasteiger partial charge in [0.05, 0.1) is 36.2 Å². The SMILES string of the molecule is COc1cc([N+](=O)[O-])c(S(=O)O)cc1N1N=C(C(=O)Nc2ccccc2)NN1c1cc(S(=O)O)c([N+](=O)[O-])cc1OC. The Morgan fingerprint density at radius 3 is 1.88 bits per heavy atom. The normalized spacial score (nSPS) is 14.0. The molecule has 0 saturated heterocycles. The summed E-state index contributed by atoms with van der Waals surface area (Å²) in [7, 11) is 2.31. The summed E-state index contributed by atoms with van der Waals surface area (Å²) in [5.41, 5.74) is 1.10. The number of hydrogen-bond acceptors (Lipinski definition) is 13. The quantitative estimate of drug-likeness (QED) is 0.144. The van der Waals surface area contributed by atoms with Gasteiger partial charge in [0.2, 0.25) is 5.84 Å². The molecule has 0 spiro atoms. The van der Waals surface area contributed by atoms with Crippen molar-refractivity contribution in [3.8, 4) is 11.5 Å². The molecule has 1 aliphatic heterocycles. The van der Waals surface area contributed by atoms with Gasteiger partial charge in [0.25, 0.3) is 17.3 Å². The van der Waals surface area contributed by atoms with Gasteiger partial charge in [-0.3, -0.25) is 30.4 Å². The molecule has 1 heterocycles. The van der Waals surface area contributed by atoms with E-state index in [1.165, 1.54) is 0 Å². The van der Waals surface area contributed by atoms with E-state index in [9.17, 15) is 42.5 Å². The minimum absolute atomic E-state index is 0.196. The zero-order valence-electron chi connectivity index (χ0n) is 21.3. The van der Waals surface area contributed by atoms with Crippen molar-refractivity contribution in [2.24, 2.45) is 5.10 Å². The molecule has 220 valence electrons. The smallest absolute Gasteiger partial charge is 0.294 e. The van der Waals surface area contributed by atoms with E-state index in [1.54, 1.807) is 30.3 Å². The average Bonchev–Trinajstić information content (AvgIpc) is 3.41. The molecule has 1 aliphatic rings. The number of nitrogens with zero attached hydrogens (tertiary/aromatic N) is 5. The number of para-hydroxylation sites is 1. The lowest BCUT2D eigenvalue weighted by Crippen LogP contribution is -2.47. The van der Waals surface area contributed by atoms with Crippen LogP contribution in [0, 0.1) is 20.2 Å². The standard InChI is InChI=1S/C22H19N7O11S2/c1-39-17-8-15(28(31)32)19(41(35)36)10-13(17)26-24-21(22(30)23-12-6-4-3-5-7-12)25-27(26)14-11-20(42(37)38)16(29(33)34)9-18(14)40-2/h3-11H,1-2H3,(H,23,30)(H,24,25)(H,35,36)(H,37,38). The summed E-state index contributed by atoms with van der Waals surface area (Å²) in [5.74, 6) is -1.69. The van der Waals surface area contributed by atoms with Gasteiger partial charge in [-0.2, -0.15) is 5.12 Å². The summed E-state index contributed by atoms with van der Waals surface area (Å²) >= 11 is -5.73. The Morgan fingerprint density at radius 2 is 1.40 bits per heavy atom. The number of hydrogen-bond donors (Lipinski definition) is 4. The largest absolute Gasteiger partial charge is 0.494 e. The second-order valence-corrected chi connectivity index (χ2v) is 9.85. The van der Waals surface area contributed by atoms with Crippen LogP contribution in [0.2, 0.25) is 0 Å². The first-order valence-electron chi connectivity index (χ1n) is 11.2. The summed E-state index contributed by atoms with van der Waals surface area (Å²) in [6, 6.07) is 11.8. The summed E-state index contributed by atoms with van der Waals surface area (Å²) in [6.07, 6.45) is 0. The topological polar surface area (TPSA) is 239 Å². The highest BCUT2D eigenvalue weighted by Crippen LogP contribution is 2.42. The number of carbonyl (C=O) groups is 1. The molecular weight excluding hydrogens is 602 g/mol. The number of amides is 1. The van der Waals surface area contributed by atoms with Gasteiger partial charge in [0.1, 0.15) is 21.2 Å². The number of anilines is 3. The molecule has 0 aromatic heterocycles. The van der Waals surface area contributed by atoms with Crippen LogP contribution in [0.3, 0.4) is 0 Å². The minimum atomic E-state index is -2.87. The van der Waals surface area contributed by atoms with Crippen molar-refractivity contribution >= 4 is 62.3 Å². The number of benzene rings is 3. The molecule has 0 radical (unpaired) electrons. The predicted octanol–water partition coefficient (Wildman–Crippen LogP) is 2.38. The fourth-order valence-corrected chi connectivity index (χ4v) is 4.78. The third-order valence-electron chi connectivity index (χ3n) is 5.58. The fourth-order valence-electron chi connectivity index (χ4n) is 3.73. The lowest BCUT2D eigenvalue weighted by Gasteiger charge is -2.30. The Hall–Kier alpha value is -5.18. The molecule has 2 atom stereocenters. The molecule has 0 bridgehead atoms. The summed E-state index contributed by atoms with van der Waals surface area (Å²) < 4.78 is 54.1. The molecular formula is C22H19N7O11S2. The molecule has 18 nitrogen and oxygen atoms in total. The maximum Gasteiger partial charge on any atom is 0.294 e. The molecule has 20 heteroatoms. The Balaban J connectivity index is 1.94. The first-order chi connectivity index (χ1) is 20.0. The maximum atomic E-state index is 13.1. The molecule has 0 aliphatic carbocycles. The van der Waals surface area contributed by atoms with Crippen LogP contribution in [0.25, 0.3) is 0 Å². The van der Waals surface area contributed by atoms with E-state index in [4.69, 9.17) is 9.47 Å².